The van der Waals surface area contributed by atoms with Gasteiger partial charge in [0.05, 0.1) is 11.9 Å². The predicted molar refractivity (Wildman–Crippen MR) is 60.8 cm³/mol. The quantitative estimate of drug-likeness (QED) is 0.813. The molecule has 0 aromatic carbocycles. The van der Waals surface area contributed by atoms with Crippen molar-refractivity contribution in [3.8, 4) is 0 Å². The largest absolute Gasteiger partial charge is 0.381 e. The van der Waals surface area contributed by atoms with E-state index >= 15 is 0 Å². The molecule has 0 bridgehead atoms. The first-order chi connectivity index (χ1) is 7.81. The van der Waals surface area contributed by atoms with E-state index in [1.165, 1.54) is 0 Å². The maximum Gasteiger partial charge on any atom is 0.0754 e. The van der Waals surface area contributed by atoms with E-state index in [1.54, 1.807) is 6.20 Å². The summed E-state index contributed by atoms with van der Waals surface area (Å²) < 4.78 is 7.28. The van der Waals surface area contributed by atoms with E-state index in [-0.39, 0.29) is 6.04 Å². The Morgan fingerprint density at radius 1 is 1.69 bits per heavy atom. The van der Waals surface area contributed by atoms with Crippen LogP contribution in [0.2, 0.25) is 0 Å². The smallest absolute Gasteiger partial charge is 0.0754 e. The van der Waals surface area contributed by atoms with Gasteiger partial charge in [0.25, 0.3) is 0 Å². The minimum absolute atomic E-state index is 0.0354. The topological polar surface area (TPSA) is 66.0 Å². The molecule has 1 aromatic heterocycles. The Labute approximate surface area is 96.0 Å². The van der Waals surface area contributed by atoms with E-state index in [2.05, 4.69) is 17.2 Å². The van der Waals surface area contributed by atoms with Crippen molar-refractivity contribution in [3.05, 3.63) is 11.9 Å². The SMILES string of the molecule is CCCn1nncc1C(N)CC1CCOC1. The van der Waals surface area contributed by atoms with Gasteiger partial charge in [0.2, 0.25) is 0 Å². The van der Waals surface area contributed by atoms with Gasteiger partial charge >= 0.3 is 0 Å². The second-order valence-electron chi connectivity index (χ2n) is 4.45. The van der Waals surface area contributed by atoms with Crippen LogP contribution in [0.15, 0.2) is 6.20 Å². The zero-order chi connectivity index (χ0) is 11.4. The maximum atomic E-state index is 6.19. The van der Waals surface area contributed by atoms with Crippen LogP contribution in [-0.2, 0) is 11.3 Å². The van der Waals surface area contributed by atoms with E-state index in [9.17, 15) is 0 Å². The molecule has 1 aliphatic rings. The number of nitrogens with two attached hydrogens (primary N) is 1. The standard InChI is InChI=1S/C11H20N4O/c1-2-4-15-11(7-13-14-15)10(12)6-9-3-5-16-8-9/h7,9-10H,2-6,8,12H2,1H3. The van der Waals surface area contributed by atoms with Gasteiger partial charge in [0.1, 0.15) is 0 Å². The summed E-state index contributed by atoms with van der Waals surface area (Å²) in [4.78, 5) is 0. The number of ether oxygens (including phenoxy) is 1. The molecular formula is C11H20N4O. The highest BCUT2D eigenvalue weighted by Gasteiger charge is 2.21. The van der Waals surface area contributed by atoms with Gasteiger partial charge in [-0.25, -0.2) is 4.68 Å². The monoisotopic (exact) mass is 224 g/mol. The molecule has 0 radical (unpaired) electrons. The van der Waals surface area contributed by atoms with E-state index in [0.717, 1.165) is 44.7 Å². The lowest BCUT2D eigenvalue weighted by atomic mass is 9.98. The summed E-state index contributed by atoms with van der Waals surface area (Å²) in [6.45, 7) is 4.75. The van der Waals surface area contributed by atoms with Gasteiger partial charge in [-0.15, -0.1) is 5.10 Å². The fourth-order valence-electron chi connectivity index (χ4n) is 2.19. The van der Waals surface area contributed by atoms with Gasteiger partial charge in [-0.1, -0.05) is 12.1 Å². The number of hydrogen-bond acceptors (Lipinski definition) is 4. The van der Waals surface area contributed by atoms with E-state index in [1.807, 2.05) is 4.68 Å². The first-order valence-electron chi connectivity index (χ1n) is 6.03. The Morgan fingerprint density at radius 2 is 2.56 bits per heavy atom. The van der Waals surface area contributed by atoms with Crippen molar-refractivity contribution in [2.75, 3.05) is 13.2 Å². The lowest BCUT2D eigenvalue weighted by Crippen LogP contribution is -2.19. The summed E-state index contributed by atoms with van der Waals surface area (Å²) in [6, 6.07) is 0.0354. The molecule has 1 saturated heterocycles. The molecule has 2 heterocycles. The highest BCUT2D eigenvalue weighted by atomic mass is 16.5. The zero-order valence-corrected chi connectivity index (χ0v) is 9.80. The summed E-state index contributed by atoms with van der Waals surface area (Å²) in [5.41, 5.74) is 7.24. The van der Waals surface area contributed by atoms with Crippen molar-refractivity contribution >= 4 is 0 Å². The molecule has 1 aliphatic heterocycles. The highest BCUT2D eigenvalue weighted by Crippen LogP contribution is 2.24. The van der Waals surface area contributed by atoms with Crippen molar-refractivity contribution < 1.29 is 4.74 Å². The van der Waals surface area contributed by atoms with Crippen molar-refractivity contribution in [1.29, 1.82) is 0 Å². The van der Waals surface area contributed by atoms with Crippen molar-refractivity contribution in [2.45, 2.75) is 38.8 Å². The predicted octanol–water partition coefficient (Wildman–Crippen LogP) is 1.11. The molecule has 2 rings (SSSR count). The van der Waals surface area contributed by atoms with Crippen molar-refractivity contribution in [1.82, 2.24) is 15.0 Å². The number of rotatable bonds is 5. The van der Waals surface area contributed by atoms with Crippen LogP contribution in [0.25, 0.3) is 0 Å². The van der Waals surface area contributed by atoms with Crippen LogP contribution in [0.5, 0.6) is 0 Å². The molecule has 0 aliphatic carbocycles. The number of hydrogen-bond donors (Lipinski definition) is 1. The molecule has 2 N–H and O–H groups in total. The van der Waals surface area contributed by atoms with Crippen LogP contribution in [-0.4, -0.2) is 28.2 Å². The van der Waals surface area contributed by atoms with Crippen LogP contribution in [0.1, 0.15) is 37.9 Å². The minimum atomic E-state index is 0.0354. The van der Waals surface area contributed by atoms with Gasteiger partial charge in [0, 0.05) is 25.8 Å². The second-order valence-corrected chi connectivity index (χ2v) is 4.45. The highest BCUT2D eigenvalue weighted by molar-refractivity contribution is 5.01. The van der Waals surface area contributed by atoms with E-state index in [0.29, 0.717) is 5.92 Å². The molecule has 5 nitrogen and oxygen atoms in total. The van der Waals surface area contributed by atoms with Gasteiger partial charge in [-0.05, 0) is 25.2 Å². The molecule has 0 amide bonds. The van der Waals surface area contributed by atoms with Crippen LogP contribution < -0.4 is 5.73 Å². The Kier molecular flexibility index (Phi) is 3.90. The summed E-state index contributed by atoms with van der Waals surface area (Å²) >= 11 is 0. The molecule has 16 heavy (non-hydrogen) atoms. The van der Waals surface area contributed by atoms with Crippen LogP contribution in [0.4, 0.5) is 0 Å². The van der Waals surface area contributed by atoms with E-state index < -0.39 is 0 Å². The lowest BCUT2D eigenvalue weighted by molar-refractivity contribution is 0.182. The molecule has 0 spiro atoms. The zero-order valence-electron chi connectivity index (χ0n) is 9.80. The Hall–Kier alpha value is -0.940. The van der Waals surface area contributed by atoms with E-state index in [4.69, 9.17) is 10.5 Å². The Bertz CT molecular complexity index is 320. The molecular weight excluding hydrogens is 204 g/mol. The second kappa shape index (κ2) is 5.41. The molecule has 1 aromatic rings. The number of aromatic nitrogens is 3. The molecule has 0 saturated carbocycles. The summed E-state index contributed by atoms with van der Waals surface area (Å²) in [7, 11) is 0. The molecule has 90 valence electrons. The fraction of sp³-hybridized carbons (Fsp3) is 0.818. The first-order valence-corrected chi connectivity index (χ1v) is 6.03. The Morgan fingerprint density at radius 3 is 3.25 bits per heavy atom. The third kappa shape index (κ3) is 2.59. The molecule has 2 atom stereocenters. The van der Waals surface area contributed by atoms with Crippen LogP contribution in [0.3, 0.4) is 0 Å². The van der Waals surface area contributed by atoms with Crippen LogP contribution >= 0.6 is 0 Å². The Balaban J connectivity index is 1.96. The minimum Gasteiger partial charge on any atom is -0.381 e. The third-order valence-electron chi connectivity index (χ3n) is 3.07. The average Bonchev–Trinajstić information content (AvgIpc) is 2.89. The summed E-state index contributed by atoms with van der Waals surface area (Å²) in [5.74, 6) is 0.597. The van der Waals surface area contributed by atoms with Crippen LogP contribution in [0, 0.1) is 5.92 Å². The fourth-order valence-corrected chi connectivity index (χ4v) is 2.19. The van der Waals surface area contributed by atoms with Gasteiger partial charge in [-0.2, -0.15) is 0 Å². The van der Waals surface area contributed by atoms with Gasteiger partial charge in [-0.3, -0.25) is 0 Å². The number of nitrogens with zero attached hydrogens (tertiary/aromatic N) is 3. The van der Waals surface area contributed by atoms with Crippen molar-refractivity contribution in [3.63, 3.8) is 0 Å². The summed E-state index contributed by atoms with van der Waals surface area (Å²) in [5, 5.41) is 8.00. The molecule has 2 unspecified atom stereocenters. The van der Waals surface area contributed by atoms with Gasteiger partial charge in [0.15, 0.2) is 0 Å². The number of aryl methyl sites for hydroxylation is 1. The molecule has 5 heteroatoms. The average molecular weight is 224 g/mol. The third-order valence-corrected chi connectivity index (χ3v) is 3.07. The molecule has 1 fully saturated rings. The lowest BCUT2D eigenvalue weighted by Gasteiger charge is -2.15. The summed E-state index contributed by atoms with van der Waals surface area (Å²) in [6.07, 6.45) is 4.94. The normalized spacial score (nSPS) is 22.5. The first kappa shape index (κ1) is 11.5. The van der Waals surface area contributed by atoms with Crippen molar-refractivity contribution in [2.24, 2.45) is 11.7 Å². The maximum absolute atomic E-state index is 6.19. The van der Waals surface area contributed by atoms with Gasteiger partial charge < -0.3 is 10.5 Å².